The van der Waals surface area contributed by atoms with Crippen molar-refractivity contribution in [2.75, 3.05) is 0 Å². The number of allylic oxidation sites excluding steroid dienone is 4. The van der Waals surface area contributed by atoms with Gasteiger partial charge in [-0.25, -0.2) is 0 Å². The van der Waals surface area contributed by atoms with Crippen molar-refractivity contribution in [3.05, 3.63) is 36.6 Å². The van der Waals surface area contributed by atoms with Gasteiger partial charge in [-0.3, -0.25) is 0 Å². The first-order valence-electron chi connectivity index (χ1n) is 3.06. The highest BCUT2D eigenvalue weighted by molar-refractivity contribution is 5.17. The van der Waals surface area contributed by atoms with Crippen LogP contribution in [-0.4, -0.2) is 0 Å². The molecule has 0 aliphatic heterocycles. The van der Waals surface area contributed by atoms with E-state index in [0.29, 0.717) is 0 Å². The first-order valence-corrected chi connectivity index (χ1v) is 3.06. The maximum absolute atomic E-state index is 5.50. The van der Waals surface area contributed by atoms with Crippen LogP contribution in [-0.2, 0) is 0 Å². The summed E-state index contributed by atoms with van der Waals surface area (Å²) < 4.78 is 0. The fraction of sp³-hybridized carbons (Fsp3) is 0.250. The Hall–Kier alpha value is -0.980. The Bertz CT molecular complexity index is 132. The van der Waals surface area contributed by atoms with Gasteiger partial charge < -0.3 is 5.73 Å². The Morgan fingerprint density at radius 1 is 1.67 bits per heavy atom. The summed E-state index contributed by atoms with van der Waals surface area (Å²) in [5.41, 5.74) is 6.30. The minimum absolute atomic E-state index is 0.803. The van der Waals surface area contributed by atoms with E-state index in [-0.39, 0.29) is 0 Å². The zero-order chi connectivity index (χ0) is 7.11. The lowest BCUT2D eigenvalue weighted by Gasteiger charge is -1.86. The second-order valence-corrected chi connectivity index (χ2v) is 1.71. The SMILES string of the molecule is C=C/C=C\C(N)=C/CC. The number of nitrogens with two attached hydrogens (primary N) is 1. The van der Waals surface area contributed by atoms with Crippen LogP contribution in [0.5, 0.6) is 0 Å². The number of hydrogen-bond donors (Lipinski definition) is 1. The molecule has 0 aromatic heterocycles. The summed E-state index contributed by atoms with van der Waals surface area (Å²) in [5.74, 6) is 0. The minimum atomic E-state index is 0.803. The lowest BCUT2D eigenvalue weighted by Crippen LogP contribution is -1.90. The molecule has 0 bridgehead atoms. The predicted molar refractivity (Wildman–Crippen MR) is 41.9 cm³/mol. The van der Waals surface area contributed by atoms with Crippen LogP contribution in [0.25, 0.3) is 0 Å². The Morgan fingerprint density at radius 2 is 2.33 bits per heavy atom. The van der Waals surface area contributed by atoms with Crippen molar-refractivity contribution in [3.63, 3.8) is 0 Å². The third kappa shape index (κ3) is 4.88. The Balaban J connectivity index is 3.74. The molecule has 50 valence electrons. The maximum atomic E-state index is 5.50. The molecule has 0 atom stereocenters. The van der Waals surface area contributed by atoms with Crippen LogP contribution in [0.1, 0.15) is 13.3 Å². The van der Waals surface area contributed by atoms with Crippen LogP contribution in [0, 0.1) is 0 Å². The molecule has 0 aromatic rings. The van der Waals surface area contributed by atoms with Gasteiger partial charge in [0.05, 0.1) is 0 Å². The van der Waals surface area contributed by atoms with Crippen molar-refractivity contribution < 1.29 is 0 Å². The van der Waals surface area contributed by atoms with E-state index in [1.54, 1.807) is 6.08 Å². The summed E-state index contributed by atoms with van der Waals surface area (Å²) in [6, 6.07) is 0. The van der Waals surface area contributed by atoms with E-state index >= 15 is 0 Å². The second kappa shape index (κ2) is 5.16. The second-order valence-electron chi connectivity index (χ2n) is 1.71. The molecule has 0 fully saturated rings. The molecular formula is C8H13N. The van der Waals surface area contributed by atoms with Crippen molar-refractivity contribution in [2.24, 2.45) is 5.73 Å². The molecular weight excluding hydrogens is 110 g/mol. The van der Waals surface area contributed by atoms with Crippen LogP contribution in [0.3, 0.4) is 0 Å². The van der Waals surface area contributed by atoms with Crippen LogP contribution >= 0.6 is 0 Å². The van der Waals surface area contributed by atoms with E-state index in [9.17, 15) is 0 Å². The average Bonchev–Trinajstić information content (AvgIpc) is 1.85. The fourth-order valence-electron chi connectivity index (χ4n) is 0.483. The molecule has 0 aliphatic carbocycles. The van der Waals surface area contributed by atoms with Crippen LogP contribution in [0.4, 0.5) is 0 Å². The molecule has 0 heterocycles. The smallest absolute Gasteiger partial charge is 0.0273 e. The molecule has 0 spiro atoms. The molecule has 0 aromatic carbocycles. The van der Waals surface area contributed by atoms with E-state index in [0.717, 1.165) is 12.1 Å². The van der Waals surface area contributed by atoms with Crippen molar-refractivity contribution in [2.45, 2.75) is 13.3 Å². The first-order chi connectivity index (χ1) is 4.31. The third-order valence-corrected chi connectivity index (χ3v) is 0.865. The standard InChI is InChI=1S/C8H13N/c1-3-5-7-8(9)6-4-2/h3,5-7H,1,4,9H2,2H3/b7-5-,8-6+. The Kier molecular flexibility index (Phi) is 4.60. The molecule has 1 nitrogen and oxygen atoms in total. The molecule has 0 saturated carbocycles. The van der Waals surface area contributed by atoms with Gasteiger partial charge in [-0.2, -0.15) is 0 Å². The minimum Gasteiger partial charge on any atom is -0.399 e. The van der Waals surface area contributed by atoms with Crippen LogP contribution in [0.15, 0.2) is 36.6 Å². The van der Waals surface area contributed by atoms with Crippen molar-refractivity contribution in [1.29, 1.82) is 0 Å². The summed E-state index contributed by atoms with van der Waals surface area (Å²) in [5, 5.41) is 0. The molecule has 2 N–H and O–H groups in total. The van der Waals surface area contributed by atoms with Crippen LogP contribution < -0.4 is 5.73 Å². The summed E-state index contributed by atoms with van der Waals surface area (Å²) in [4.78, 5) is 0. The van der Waals surface area contributed by atoms with Gasteiger partial charge in [0, 0.05) is 5.70 Å². The Morgan fingerprint density at radius 3 is 2.78 bits per heavy atom. The van der Waals surface area contributed by atoms with E-state index < -0.39 is 0 Å². The normalized spacial score (nSPS) is 12.3. The Labute approximate surface area is 56.6 Å². The highest BCUT2D eigenvalue weighted by atomic mass is 14.5. The van der Waals surface area contributed by atoms with Gasteiger partial charge in [-0.05, 0) is 12.5 Å². The van der Waals surface area contributed by atoms with Gasteiger partial charge in [-0.15, -0.1) is 0 Å². The monoisotopic (exact) mass is 123 g/mol. The van der Waals surface area contributed by atoms with Gasteiger partial charge in [-0.1, -0.05) is 31.7 Å². The predicted octanol–water partition coefficient (Wildman–Crippen LogP) is 1.98. The summed E-state index contributed by atoms with van der Waals surface area (Å²) in [7, 11) is 0. The molecule has 0 amide bonds. The molecule has 0 radical (unpaired) electrons. The van der Waals surface area contributed by atoms with Crippen molar-refractivity contribution >= 4 is 0 Å². The molecule has 0 aliphatic rings. The van der Waals surface area contributed by atoms with E-state index in [4.69, 9.17) is 5.73 Å². The lowest BCUT2D eigenvalue weighted by atomic mass is 10.3. The van der Waals surface area contributed by atoms with Gasteiger partial charge in [0.25, 0.3) is 0 Å². The molecule has 0 unspecified atom stereocenters. The highest BCUT2D eigenvalue weighted by Gasteiger charge is 1.75. The quantitative estimate of drug-likeness (QED) is 0.570. The van der Waals surface area contributed by atoms with E-state index in [2.05, 4.69) is 13.5 Å². The zero-order valence-corrected chi connectivity index (χ0v) is 5.80. The highest BCUT2D eigenvalue weighted by Crippen LogP contribution is 1.89. The number of rotatable bonds is 3. The van der Waals surface area contributed by atoms with Gasteiger partial charge in [0.1, 0.15) is 0 Å². The molecule has 0 saturated heterocycles. The van der Waals surface area contributed by atoms with Gasteiger partial charge in [0.2, 0.25) is 0 Å². The van der Waals surface area contributed by atoms with Crippen LogP contribution in [0.2, 0.25) is 0 Å². The topological polar surface area (TPSA) is 26.0 Å². The largest absolute Gasteiger partial charge is 0.399 e. The summed E-state index contributed by atoms with van der Waals surface area (Å²) in [6.45, 7) is 5.57. The first kappa shape index (κ1) is 8.02. The summed E-state index contributed by atoms with van der Waals surface area (Å²) in [6.07, 6.45) is 8.29. The molecule has 0 rings (SSSR count). The van der Waals surface area contributed by atoms with E-state index in [1.807, 2.05) is 18.2 Å². The third-order valence-electron chi connectivity index (χ3n) is 0.865. The van der Waals surface area contributed by atoms with Gasteiger partial charge >= 0.3 is 0 Å². The molecule has 1 heteroatoms. The molecule has 9 heavy (non-hydrogen) atoms. The maximum Gasteiger partial charge on any atom is 0.0273 e. The van der Waals surface area contributed by atoms with E-state index in [1.165, 1.54) is 0 Å². The summed E-state index contributed by atoms with van der Waals surface area (Å²) >= 11 is 0. The van der Waals surface area contributed by atoms with Gasteiger partial charge in [0.15, 0.2) is 0 Å². The number of hydrogen-bond acceptors (Lipinski definition) is 1. The lowest BCUT2D eigenvalue weighted by molar-refractivity contribution is 1.18. The zero-order valence-electron chi connectivity index (χ0n) is 5.80. The fourth-order valence-corrected chi connectivity index (χ4v) is 0.483. The average molecular weight is 123 g/mol. The van der Waals surface area contributed by atoms with Crippen molar-refractivity contribution in [1.82, 2.24) is 0 Å². The van der Waals surface area contributed by atoms with Crippen molar-refractivity contribution in [3.8, 4) is 0 Å².